The van der Waals surface area contributed by atoms with Crippen LogP contribution >= 0.6 is 27.5 Å². The normalized spacial score (nSPS) is 9.77. The Hall–Kier alpha value is -0.540. The van der Waals surface area contributed by atoms with E-state index in [2.05, 4.69) is 15.9 Å². The molecule has 0 saturated carbocycles. The Balaban J connectivity index is 3.06. The van der Waals surface area contributed by atoms with E-state index in [4.69, 9.17) is 16.3 Å². The maximum Gasteiger partial charge on any atom is 0.173 e. The Labute approximate surface area is 90.0 Å². The highest BCUT2D eigenvalue weighted by Gasteiger charge is 2.07. The molecule has 0 amide bonds. The molecule has 0 radical (unpaired) electrons. The van der Waals surface area contributed by atoms with E-state index < -0.39 is 0 Å². The van der Waals surface area contributed by atoms with Crippen molar-refractivity contribution in [2.75, 3.05) is 12.4 Å². The largest absolute Gasteiger partial charge is 0.495 e. The van der Waals surface area contributed by atoms with Gasteiger partial charge >= 0.3 is 0 Å². The number of hydrogen-bond acceptors (Lipinski definition) is 2. The van der Waals surface area contributed by atoms with Gasteiger partial charge in [0.15, 0.2) is 5.78 Å². The fourth-order valence-electron chi connectivity index (χ4n) is 0.910. The van der Waals surface area contributed by atoms with Gasteiger partial charge in [0.05, 0.1) is 17.5 Å². The minimum absolute atomic E-state index is 0.00923. The Morgan fingerprint density at radius 2 is 2.31 bits per heavy atom. The topological polar surface area (TPSA) is 26.3 Å². The summed E-state index contributed by atoms with van der Waals surface area (Å²) in [6.07, 6.45) is 0. The average molecular weight is 264 g/mol. The minimum Gasteiger partial charge on any atom is -0.495 e. The third-order valence-electron chi connectivity index (χ3n) is 1.59. The molecule has 0 bridgehead atoms. The lowest BCUT2D eigenvalue weighted by Crippen LogP contribution is -2.00. The second kappa shape index (κ2) is 4.63. The number of rotatable bonds is 3. The van der Waals surface area contributed by atoms with Crippen LogP contribution in [0.25, 0.3) is 0 Å². The van der Waals surface area contributed by atoms with Gasteiger partial charge in [-0.3, -0.25) is 4.79 Å². The summed E-state index contributed by atoms with van der Waals surface area (Å²) in [5, 5.41) is 0.811. The first kappa shape index (κ1) is 10.5. The Morgan fingerprint density at radius 3 is 2.85 bits per heavy atom. The predicted molar refractivity (Wildman–Crippen MR) is 56.1 cm³/mol. The molecule has 0 spiro atoms. The van der Waals surface area contributed by atoms with Crippen LogP contribution in [0.5, 0.6) is 5.75 Å². The number of methoxy groups -OCH3 is 1. The summed E-state index contributed by atoms with van der Waals surface area (Å²) in [6.45, 7) is 0. The van der Waals surface area contributed by atoms with E-state index >= 15 is 0 Å². The molecule has 1 aromatic rings. The zero-order chi connectivity index (χ0) is 9.84. The van der Waals surface area contributed by atoms with E-state index in [9.17, 15) is 4.79 Å². The number of carbonyl (C=O) groups excluding carboxylic acids is 1. The smallest absolute Gasteiger partial charge is 0.173 e. The Morgan fingerprint density at radius 1 is 1.62 bits per heavy atom. The SMILES string of the molecule is COc1cc(C(=O)CBr)ccc1Cl. The quantitative estimate of drug-likeness (QED) is 0.619. The molecule has 0 aliphatic heterocycles. The van der Waals surface area contributed by atoms with Crippen LogP contribution in [0.4, 0.5) is 0 Å². The summed E-state index contributed by atoms with van der Waals surface area (Å²) < 4.78 is 4.98. The molecule has 1 aromatic carbocycles. The van der Waals surface area contributed by atoms with Gasteiger partial charge in [-0.25, -0.2) is 0 Å². The highest BCUT2D eigenvalue weighted by Crippen LogP contribution is 2.25. The highest BCUT2D eigenvalue weighted by molar-refractivity contribution is 9.09. The first-order valence-electron chi connectivity index (χ1n) is 3.61. The maximum absolute atomic E-state index is 11.2. The third kappa shape index (κ3) is 2.45. The first-order valence-corrected chi connectivity index (χ1v) is 5.11. The van der Waals surface area contributed by atoms with Gasteiger partial charge in [-0.05, 0) is 18.2 Å². The number of benzene rings is 1. The lowest BCUT2D eigenvalue weighted by molar-refractivity contribution is 0.102. The van der Waals surface area contributed by atoms with Crippen molar-refractivity contribution in [3.8, 4) is 5.75 Å². The zero-order valence-corrected chi connectivity index (χ0v) is 9.35. The molecule has 0 aliphatic carbocycles. The monoisotopic (exact) mass is 262 g/mol. The van der Waals surface area contributed by atoms with Crippen LogP contribution in [0.3, 0.4) is 0 Å². The summed E-state index contributed by atoms with van der Waals surface area (Å²) in [5.41, 5.74) is 0.595. The van der Waals surface area contributed by atoms with E-state index in [0.29, 0.717) is 21.7 Å². The van der Waals surface area contributed by atoms with Gasteiger partial charge in [0, 0.05) is 5.56 Å². The van der Waals surface area contributed by atoms with Gasteiger partial charge in [0.25, 0.3) is 0 Å². The Kier molecular flexibility index (Phi) is 3.75. The molecule has 4 heteroatoms. The van der Waals surface area contributed by atoms with E-state index in [1.807, 2.05) is 0 Å². The molecule has 0 saturated heterocycles. The number of Topliss-reactive ketones (excluding diaryl/α,β-unsaturated/α-hetero) is 1. The van der Waals surface area contributed by atoms with Gasteiger partial charge in [0.1, 0.15) is 5.75 Å². The molecule has 1 rings (SSSR count). The second-order valence-electron chi connectivity index (χ2n) is 2.41. The Bertz CT molecular complexity index is 325. The molecule has 70 valence electrons. The number of hydrogen-bond donors (Lipinski definition) is 0. The summed E-state index contributed by atoms with van der Waals surface area (Å²) in [6, 6.07) is 4.96. The van der Waals surface area contributed by atoms with Crippen molar-refractivity contribution in [3.63, 3.8) is 0 Å². The van der Waals surface area contributed by atoms with Crippen LogP contribution in [0.15, 0.2) is 18.2 Å². The fraction of sp³-hybridized carbons (Fsp3) is 0.222. The molecular weight excluding hydrogens is 255 g/mol. The summed E-state index contributed by atoms with van der Waals surface area (Å²) in [4.78, 5) is 11.2. The van der Waals surface area contributed by atoms with E-state index in [-0.39, 0.29) is 5.78 Å². The van der Waals surface area contributed by atoms with E-state index in [1.54, 1.807) is 18.2 Å². The molecule has 0 aromatic heterocycles. The van der Waals surface area contributed by atoms with Crippen LogP contribution in [-0.4, -0.2) is 18.2 Å². The van der Waals surface area contributed by atoms with Crippen molar-refractivity contribution < 1.29 is 9.53 Å². The average Bonchev–Trinajstić information content (AvgIpc) is 2.17. The van der Waals surface area contributed by atoms with Crippen molar-refractivity contribution >= 4 is 33.3 Å². The highest BCUT2D eigenvalue weighted by atomic mass is 79.9. The van der Waals surface area contributed by atoms with Gasteiger partial charge in [-0.2, -0.15) is 0 Å². The lowest BCUT2D eigenvalue weighted by atomic mass is 10.1. The standard InChI is InChI=1S/C9H8BrClO2/c1-13-9-4-6(8(12)5-10)2-3-7(9)11/h2-4H,5H2,1H3. The maximum atomic E-state index is 11.2. The van der Waals surface area contributed by atoms with Crippen molar-refractivity contribution in [2.45, 2.75) is 0 Å². The van der Waals surface area contributed by atoms with Gasteiger partial charge in [0.2, 0.25) is 0 Å². The molecule has 13 heavy (non-hydrogen) atoms. The van der Waals surface area contributed by atoms with Crippen molar-refractivity contribution in [1.82, 2.24) is 0 Å². The zero-order valence-electron chi connectivity index (χ0n) is 7.01. The number of ether oxygens (including phenoxy) is 1. The van der Waals surface area contributed by atoms with E-state index in [1.165, 1.54) is 7.11 Å². The van der Waals surface area contributed by atoms with Crippen molar-refractivity contribution in [3.05, 3.63) is 28.8 Å². The number of carbonyl (C=O) groups is 1. The summed E-state index contributed by atoms with van der Waals surface area (Å²) >= 11 is 8.89. The molecule has 0 aliphatic rings. The molecular formula is C9H8BrClO2. The summed E-state index contributed by atoms with van der Waals surface area (Å²) in [5.74, 6) is 0.531. The molecule has 0 fully saturated rings. The molecule has 0 unspecified atom stereocenters. The van der Waals surface area contributed by atoms with Crippen LogP contribution < -0.4 is 4.74 Å². The van der Waals surface area contributed by atoms with Crippen LogP contribution in [0, 0.1) is 0 Å². The van der Waals surface area contributed by atoms with Crippen LogP contribution in [0.2, 0.25) is 5.02 Å². The summed E-state index contributed by atoms with van der Waals surface area (Å²) in [7, 11) is 1.52. The molecule has 0 N–H and O–H groups in total. The van der Waals surface area contributed by atoms with Crippen LogP contribution in [-0.2, 0) is 0 Å². The minimum atomic E-state index is 0.00923. The molecule has 0 atom stereocenters. The predicted octanol–water partition coefficient (Wildman–Crippen LogP) is 2.93. The molecule has 2 nitrogen and oxygen atoms in total. The van der Waals surface area contributed by atoms with Gasteiger partial charge < -0.3 is 4.74 Å². The lowest BCUT2D eigenvalue weighted by Gasteiger charge is -2.04. The van der Waals surface area contributed by atoms with Gasteiger partial charge in [-0.15, -0.1) is 0 Å². The van der Waals surface area contributed by atoms with E-state index in [0.717, 1.165) is 0 Å². The first-order chi connectivity index (χ1) is 6.19. The van der Waals surface area contributed by atoms with Crippen molar-refractivity contribution in [2.24, 2.45) is 0 Å². The third-order valence-corrected chi connectivity index (χ3v) is 2.42. The second-order valence-corrected chi connectivity index (χ2v) is 3.37. The van der Waals surface area contributed by atoms with Gasteiger partial charge in [-0.1, -0.05) is 27.5 Å². The number of ketones is 1. The van der Waals surface area contributed by atoms with Crippen molar-refractivity contribution in [1.29, 1.82) is 0 Å². The number of halogens is 2. The fourth-order valence-corrected chi connectivity index (χ4v) is 1.43. The molecule has 0 heterocycles. The number of alkyl halides is 1. The van der Waals surface area contributed by atoms with Crippen LogP contribution in [0.1, 0.15) is 10.4 Å².